The first-order chi connectivity index (χ1) is 42.4. The number of rotatable bonds is 18. The molecule has 9 aromatic carbocycles. The van der Waals surface area contributed by atoms with Gasteiger partial charge in [-0.25, -0.2) is 36.3 Å². The third-order valence-electron chi connectivity index (χ3n) is 12.9. The Morgan fingerprint density at radius 1 is 0.393 bits per heavy atom. The lowest BCUT2D eigenvalue weighted by atomic mass is 10.0. The number of carbonyl (C=O) groups excluding carboxylic acids is 3. The van der Waals surface area contributed by atoms with Crippen molar-refractivity contribution in [2.75, 3.05) is 29.2 Å². The highest BCUT2D eigenvalue weighted by Gasteiger charge is 2.29. The summed E-state index contributed by atoms with van der Waals surface area (Å²) in [4.78, 5) is 70.9. The number of carbonyl (C=O) groups is 6. The number of anilines is 3. The number of aryl methyl sites for hydroxylation is 1. The Morgan fingerprint density at radius 2 is 0.753 bits per heavy atom. The van der Waals surface area contributed by atoms with E-state index in [1.807, 2.05) is 61.6 Å². The smallest absolute Gasteiger partial charge is 0.422 e. The van der Waals surface area contributed by atoms with Crippen LogP contribution in [0.2, 0.25) is 0 Å². The molecule has 0 saturated carbocycles. The summed E-state index contributed by atoms with van der Waals surface area (Å²) >= 11 is 0. The fourth-order valence-electron chi connectivity index (χ4n) is 8.56. The van der Waals surface area contributed by atoms with Crippen molar-refractivity contribution in [2.24, 2.45) is 0 Å². The number of nitrogens with one attached hydrogen (secondary N) is 3. The van der Waals surface area contributed by atoms with Gasteiger partial charge in [0, 0.05) is 0 Å². The summed E-state index contributed by atoms with van der Waals surface area (Å²) in [6.07, 6.45) is -2.87. The highest BCUT2D eigenvalue weighted by molar-refractivity contribution is 6.12. The second kappa shape index (κ2) is 29.8. The van der Waals surface area contributed by atoms with Crippen molar-refractivity contribution in [1.82, 2.24) is 0 Å². The van der Waals surface area contributed by atoms with Crippen molar-refractivity contribution < 1.29 is 88.7 Å². The molecular formula is C67H51F8N3O11. The predicted molar refractivity (Wildman–Crippen MR) is 316 cm³/mol. The predicted octanol–water partition coefficient (Wildman–Crippen LogP) is 15.9. The second-order valence-electron chi connectivity index (χ2n) is 19.1. The first-order valence-corrected chi connectivity index (χ1v) is 26.8. The Kier molecular flexibility index (Phi) is 21.9. The molecule has 6 N–H and O–H groups in total. The average Bonchev–Trinajstić information content (AvgIpc) is 1.58. The first kappa shape index (κ1) is 65.4. The molecule has 0 atom stereocenters. The van der Waals surface area contributed by atoms with Crippen LogP contribution in [0, 0.1) is 29.1 Å². The van der Waals surface area contributed by atoms with Gasteiger partial charge in [0.25, 0.3) is 17.7 Å². The van der Waals surface area contributed by atoms with Crippen LogP contribution in [0.5, 0.6) is 11.5 Å². The minimum Gasteiger partial charge on any atom is -0.494 e. The van der Waals surface area contributed by atoms with Crippen LogP contribution >= 0.6 is 0 Å². The van der Waals surface area contributed by atoms with Crippen LogP contribution in [0.25, 0.3) is 33.4 Å². The van der Waals surface area contributed by atoms with E-state index in [-0.39, 0.29) is 55.9 Å². The van der Waals surface area contributed by atoms with Gasteiger partial charge >= 0.3 is 24.1 Å². The zero-order valence-electron chi connectivity index (χ0n) is 46.9. The van der Waals surface area contributed by atoms with E-state index in [0.29, 0.717) is 29.0 Å². The fraction of sp³-hybridized carbons (Fsp3) is 0.104. The van der Waals surface area contributed by atoms with E-state index < -0.39 is 88.9 Å². The number of hydrogen-bond donors (Lipinski definition) is 6. The summed E-state index contributed by atoms with van der Waals surface area (Å²) in [7, 11) is 0. The normalized spacial score (nSPS) is 10.7. The van der Waals surface area contributed by atoms with Gasteiger partial charge in [-0.15, -0.1) is 0 Å². The van der Waals surface area contributed by atoms with E-state index in [9.17, 15) is 69.0 Å². The molecule has 0 aliphatic heterocycles. The monoisotopic (exact) mass is 1230 g/mol. The Balaban J connectivity index is 0.000000191. The van der Waals surface area contributed by atoms with Gasteiger partial charge < -0.3 is 40.7 Å². The SMILES string of the molecule is CCCOc1cccc(-c2ccc(NC(=O)c3ccccc3C(=O)O)c(F)c2)c1.CCc1cccc(-c2cc(F)c(NC(=O)c3ccccc3C(=O)O)c(F)c2)c1.O=C(O)c1ccccc1C(=O)Nc1c(F)cc(-c2cccc(OCC(F)(F)F)c2)cc1F. The van der Waals surface area contributed by atoms with Crippen LogP contribution in [0.4, 0.5) is 52.2 Å². The van der Waals surface area contributed by atoms with Gasteiger partial charge in [-0.3, -0.25) is 14.4 Å². The molecule has 0 aliphatic rings. The molecule has 14 nitrogen and oxygen atoms in total. The largest absolute Gasteiger partial charge is 0.494 e. The Labute approximate surface area is 502 Å². The van der Waals surface area contributed by atoms with E-state index in [0.717, 1.165) is 48.2 Å². The van der Waals surface area contributed by atoms with Crippen LogP contribution in [0.15, 0.2) is 188 Å². The lowest BCUT2D eigenvalue weighted by molar-refractivity contribution is -0.153. The summed E-state index contributed by atoms with van der Waals surface area (Å²) in [6, 6.07) is 44.7. The third-order valence-corrected chi connectivity index (χ3v) is 12.9. The van der Waals surface area contributed by atoms with E-state index >= 15 is 0 Å². The molecule has 0 heterocycles. The van der Waals surface area contributed by atoms with Crippen molar-refractivity contribution in [3.05, 3.63) is 256 Å². The number of ether oxygens (including phenoxy) is 2. The molecule has 0 bridgehead atoms. The zero-order chi connectivity index (χ0) is 64.5. The molecule has 0 radical (unpaired) electrons. The maximum atomic E-state index is 14.6. The van der Waals surface area contributed by atoms with Gasteiger partial charge in [0.2, 0.25) is 0 Å². The van der Waals surface area contributed by atoms with Crippen LogP contribution in [0.1, 0.15) is 88.0 Å². The second-order valence-corrected chi connectivity index (χ2v) is 19.1. The van der Waals surface area contributed by atoms with E-state index in [2.05, 4.69) is 15.4 Å². The summed E-state index contributed by atoms with van der Waals surface area (Å²) in [5.74, 6) is -10.8. The van der Waals surface area contributed by atoms with E-state index in [1.165, 1.54) is 103 Å². The maximum Gasteiger partial charge on any atom is 0.422 e. The van der Waals surface area contributed by atoms with Crippen molar-refractivity contribution >= 4 is 52.7 Å². The summed E-state index contributed by atoms with van der Waals surface area (Å²) in [5, 5.41) is 34.1. The number of alkyl halides is 3. The van der Waals surface area contributed by atoms with Crippen LogP contribution in [0.3, 0.4) is 0 Å². The molecule has 0 aromatic heterocycles. The quantitative estimate of drug-likeness (QED) is 0.0444. The molecule has 9 aromatic rings. The van der Waals surface area contributed by atoms with Crippen molar-refractivity contribution in [3.8, 4) is 44.9 Å². The minimum absolute atomic E-state index is 0.0126. The fourth-order valence-corrected chi connectivity index (χ4v) is 8.56. The molecule has 456 valence electrons. The Morgan fingerprint density at radius 3 is 1.15 bits per heavy atom. The maximum absolute atomic E-state index is 14.6. The van der Waals surface area contributed by atoms with Crippen LogP contribution in [-0.4, -0.2) is 70.3 Å². The lowest BCUT2D eigenvalue weighted by Crippen LogP contribution is -2.19. The average molecular weight is 1230 g/mol. The van der Waals surface area contributed by atoms with Crippen molar-refractivity contribution in [2.45, 2.75) is 32.9 Å². The molecule has 0 fully saturated rings. The number of aromatic carboxylic acids is 3. The number of benzene rings is 9. The van der Waals surface area contributed by atoms with Crippen LogP contribution in [-0.2, 0) is 6.42 Å². The molecule has 0 spiro atoms. The summed E-state index contributed by atoms with van der Waals surface area (Å²) in [5.41, 5.74) is 0.883. The molecule has 0 saturated heterocycles. The third kappa shape index (κ3) is 17.5. The number of carboxylic acids is 3. The highest BCUT2D eigenvalue weighted by atomic mass is 19.4. The molecule has 0 aliphatic carbocycles. The Bertz CT molecular complexity index is 4070. The first-order valence-electron chi connectivity index (χ1n) is 26.8. The van der Waals surface area contributed by atoms with Gasteiger partial charge in [0.15, 0.2) is 6.61 Å². The number of halogens is 8. The standard InChI is InChI=1S/C23H20FNO4.C22H14F5NO4.C22H17F2NO3/c1-2-12-29-17-7-5-6-15(13-17)16-10-11-21(20(24)14-16)25-22(26)18-8-3-4-9-19(18)23(27)28;23-17-9-13(12-4-3-5-14(8-12)32-11-22(25,26)27)10-18(24)19(17)28-20(29)15-6-1-2-7-16(15)21(30)31;1-2-13-6-5-7-14(10-13)15-11-18(23)20(19(24)12-15)25-21(26)16-8-3-4-9-17(16)22(27)28/h3-11,13-14H,2,12H2,1H3,(H,25,26)(H,27,28);1-10H,11H2,(H,28,29)(H,30,31);3-12H,2H2,1H3,(H,25,26)(H,27,28). The minimum atomic E-state index is -4.55. The Hall–Kier alpha value is -11.2. The van der Waals surface area contributed by atoms with Crippen molar-refractivity contribution in [3.63, 3.8) is 0 Å². The number of carboxylic acid groups (broad SMARTS) is 3. The van der Waals surface area contributed by atoms with Gasteiger partial charge in [-0.2, -0.15) is 13.2 Å². The van der Waals surface area contributed by atoms with Crippen LogP contribution < -0.4 is 25.4 Å². The van der Waals surface area contributed by atoms with Gasteiger partial charge in [0.05, 0.1) is 45.7 Å². The van der Waals surface area contributed by atoms with Gasteiger partial charge in [-0.05, 0) is 149 Å². The molecular weight excluding hydrogens is 1170 g/mol. The van der Waals surface area contributed by atoms with Gasteiger partial charge in [-0.1, -0.05) is 105 Å². The number of hydrogen-bond acceptors (Lipinski definition) is 8. The molecule has 3 amide bonds. The molecule has 0 unspecified atom stereocenters. The number of amides is 3. The highest BCUT2D eigenvalue weighted by Crippen LogP contribution is 2.33. The molecule has 9 rings (SSSR count). The van der Waals surface area contributed by atoms with Gasteiger partial charge in [0.1, 0.15) is 52.0 Å². The van der Waals surface area contributed by atoms with E-state index in [4.69, 9.17) is 14.9 Å². The van der Waals surface area contributed by atoms with Crippen molar-refractivity contribution in [1.29, 1.82) is 0 Å². The molecule has 89 heavy (non-hydrogen) atoms. The zero-order valence-corrected chi connectivity index (χ0v) is 46.9. The summed E-state index contributed by atoms with van der Waals surface area (Å²) in [6.45, 7) is 3.07. The topological polar surface area (TPSA) is 218 Å². The van der Waals surface area contributed by atoms with E-state index in [1.54, 1.807) is 18.2 Å². The summed E-state index contributed by atoms with van der Waals surface area (Å²) < 4.78 is 120. The lowest BCUT2D eigenvalue weighted by Gasteiger charge is -2.13. The molecule has 22 heteroatoms.